The Kier molecular flexibility index (Phi) is 13.8. The molecule has 0 aliphatic carbocycles. The molecule has 14 nitrogen and oxygen atoms in total. The van der Waals surface area contributed by atoms with Gasteiger partial charge in [-0.05, 0) is 31.6 Å². The summed E-state index contributed by atoms with van der Waals surface area (Å²) in [7, 11) is 0. The first kappa shape index (κ1) is 29.6. The lowest BCUT2D eigenvalue weighted by molar-refractivity contribution is -0.143. The third kappa shape index (κ3) is 13.6. The Labute approximate surface area is 192 Å². The van der Waals surface area contributed by atoms with Crippen molar-refractivity contribution in [2.45, 2.75) is 64.1 Å². The Morgan fingerprint density at radius 1 is 0.879 bits per heavy atom. The highest BCUT2D eigenvalue weighted by molar-refractivity contribution is 5.93. The Morgan fingerprint density at radius 2 is 1.42 bits per heavy atom. The SMILES string of the molecule is CC(C)CC(NC(=O)C(CCC(N)=O)NC(=O)C(CCCN=C(N)N)NC(=O)CN)C(=O)O. The molecule has 0 bridgehead atoms. The number of carbonyl (C=O) groups is 5. The van der Waals surface area contributed by atoms with Crippen LogP contribution in [0.1, 0.15) is 46.0 Å². The Bertz CT molecular complexity index is 723. The summed E-state index contributed by atoms with van der Waals surface area (Å²) in [5, 5.41) is 16.6. The van der Waals surface area contributed by atoms with Crippen LogP contribution in [-0.4, -0.2) is 71.9 Å². The lowest BCUT2D eigenvalue weighted by Gasteiger charge is -2.24. The van der Waals surface area contributed by atoms with Gasteiger partial charge in [-0.1, -0.05) is 13.8 Å². The summed E-state index contributed by atoms with van der Waals surface area (Å²) in [5.74, 6) is -4.19. The monoisotopic (exact) mass is 472 g/mol. The van der Waals surface area contributed by atoms with E-state index in [1.807, 2.05) is 0 Å². The first-order chi connectivity index (χ1) is 15.4. The van der Waals surface area contributed by atoms with Crippen LogP contribution < -0.4 is 38.9 Å². The van der Waals surface area contributed by atoms with E-state index in [1.165, 1.54) is 0 Å². The van der Waals surface area contributed by atoms with Crippen molar-refractivity contribution in [2.24, 2.45) is 33.8 Å². The second-order valence-electron chi connectivity index (χ2n) is 7.87. The summed E-state index contributed by atoms with van der Waals surface area (Å²) >= 11 is 0. The number of amides is 4. The smallest absolute Gasteiger partial charge is 0.326 e. The van der Waals surface area contributed by atoms with Gasteiger partial charge in [0.1, 0.15) is 18.1 Å². The zero-order chi connectivity index (χ0) is 25.6. The normalized spacial score (nSPS) is 13.3. The van der Waals surface area contributed by atoms with Crippen LogP contribution in [0, 0.1) is 5.92 Å². The molecule has 33 heavy (non-hydrogen) atoms. The average molecular weight is 473 g/mol. The summed E-state index contributed by atoms with van der Waals surface area (Å²) in [5.41, 5.74) is 21.0. The van der Waals surface area contributed by atoms with Gasteiger partial charge < -0.3 is 44.0 Å². The second kappa shape index (κ2) is 15.4. The molecule has 3 atom stereocenters. The van der Waals surface area contributed by atoms with Gasteiger partial charge in [-0.2, -0.15) is 0 Å². The number of carboxylic acid groups (broad SMARTS) is 1. The number of guanidine groups is 1. The van der Waals surface area contributed by atoms with Crippen LogP contribution in [0.25, 0.3) is 0 Å². The van der Waals surface area contributed by atoms with Crippen molar-refractivity contribution >= 4 is 35.6 Å². The highest BCUT2D eigenvalue weighted by Crippen LogP contribution is 2.07. The third-order valence-corrected chi connectivity index (χ3v) is 4.42. The van der Waals surface area contributed by atoms with E-state index in [2.05, 4.69) is 20.9 Å². The van der Waals surface area contributed by atoms with Gasteiger partial charge in [0.05, 0.1) is 6.54 Å². The fraction of sp³-hybridized carbons (Fsp3) is 0.684. The summed E-state index contributed by atoms with van der Waals surface area (Å²) in [4.78, 5) is 63.8. The minimum absolute atomic E-state index is 0.0221. The minimum atomic E-state index is -1.26. The number of carboxylic acids is 1. The standard InChI is InChI=1S/C19H36N8O6/c1-10(2)8-13(18(32)33)27-17(31)12(5-6-14(21)28)26-16(30)11(25-15(29)9-20)4-3-7-24-19(22)23/h10-13H,3-9,20H2,1-2H3,(H2,21,28)(H,25,29)(H,26,30)(H,27,31)(H,32,33)(H4,22,23,24). The van der Waals surface area contributed by atoms with E-state index in [-0.39, 0.29) is 50.7 Å². The number of nitrogens with one attached hydrogen (secondary N) is 3. The van der Waals surface area contributed by atoms with Gasteiger partial charge >= 0.3 is 5.97 Å². The maximum Gasteiger partial charge on any atom is 0.326 e. The summed E-state index contributed by atoms with van der Waals surface area (Å²) in [6.07, 6.45) is 0.229. The van der Waals surface area contributed by atoms with Gasteiger partial charge in [-0.15, -0.1) is 0 Å². The van der Waals surface area contributed by atoms with E-state index in [4.69, 9.17) is 22.9 Å². The van der Waals surface area contributed by atoms with E-state index in [0.717, 1.165) is 0 Å². The van der Waals surface area contributed by atoms with Crippen molar-refractivity contribution in [1.29, 1.82) is 0 Å². The third-order valence-electron chi connectivity index (χ3n) is 4.42. The van der Waals surface area contributed by atoms with Crippen molar-refractivity contribution < 1.29 is 29.1 Å². The van der Waals surface area contributed by atoms with Crippen LogP contribution in [0.15, 0.2) is 4.99 Å². The molecule has 4 amide bonds. The summed E-state index contributed by atoms with van der Waals surface area (Å²) in [6, 6.07) is -3.50. The van der Waals surface area contributed by atoms with Crippen LogP contribution in [0.3, 0.4) is 0 Å². The van der Waals surface area contributed by atoms with Crippen molar-refractivity contribution in [1.82, 2.24) is 16.0 Å². The van der Waals surface area contributed by atoms with E-state index >= 15 is 0 Å². The molecule has 12 N–H and O–H groups in total. The van der Waals surface area contributed by atoms with Crippen LogP contribution in [0.5, 0.6) is 0 Å². The van der Waals surface area contributed by atoms with Crippen molar-refractivity contribution in [2.75, 3.05) is 13.1 Å². The molecule has 0 rings (SSSR count). The number of aliphatic carboxylic acids is 1. The first-order valence-electron chi connectivity index (χ1n) is 10.5. The largest absolute Gasteiger partial charge is 0.480 e. The lowest BCUT2D eigenvalue weighted by atomic mass is 10.0. The maximum atomic E-state index is 12.8. The minimum Gasteiger partial charge on any atom is -0.480 e. The predicted molar refractivity (Wildman–Crippen MR) is 120 cm³/mol. The molecule has 0 heterocycles. The zero-order valence-corrected chi connectivity index (χ0v) is 19.0. The Morgan fingerprint density at radius 3 is 1.88 bits per heavy atom. The number of nitrogens with zero attached hydrogens (tertiary/aromatic N) is 1. The van der Waals surface area contributed by atoms with Crippen LogP contribution >= 0.6 is 0 Å². The quantitative estimate of drug-likeness (QED) is 0.0639. The molecule has 0 saturated heterocycles. The van der Waals surface area contributed by atoms with Crippen LogP contribution in [0.4, 0.5) is 0 Å². The van der Waals surface area contributed by atoms with Crippen molar-refractivity contribution in [3.63, 3.8) is 0 Å². The van der Waals surface area contributed by atoms with Crippen LogP contribution in [-0.2, 0) is 24.0 Å². The van der Waals surface area contributed by atoms with Gasteiger partial charge in [0.25, 0.3) is 0 Å². The van der Waals surface area contributed by atoms with Gasteiger partial charge in [0.15, 0.2) is 5.96 Å². The number of rotatable bonds is 16. The molecule has 0 aromatic rings. The number of nitrogens with two attached hydrogens (primary N) is 4. The first-order valence-corrected chi connectivity index (χ1v) is 10.5. The molecule has 0 aliphatic heterocycles. The van der Waals surface area contributed by atoms with Gasteiger partial charge in [0, 0.05) is 13.0 Å². The zero-order valence-electron chi connectivity index (χ0n) is 19.0. The maximum absolute atomic E-state index is 12.8. The molecule has 0 aliphatic rings. The number of carbonyl (C=O) groups excluding carboxylic acids is 4. The Balaban J connectivity index is 5.45. The van der Waals surface area contributed by atoms with E-state index in [9.17, 15) is 29.1 Å². The number of primary amides is 1. The molecule has 0 aromatic heterocycles. The van der Waals surface area contributed by atoms with Crippen LogP contribution in [0.2, 0.25) is 0 Å². The van der Waals surface area contributed by atoms with Crippen molar-refractivity contribution in [3.05, 3.63) is 0 Å². The van der Waals surface area contributed by atoms with E-state index < -0.39 is 47.7 Å². The second-order valence-corrected chi connectivity index (χ2v) is 7.87. The number of aliphatic imine (C=N–C) groups is 1. The molecule has 188 valence electrons. The van der Waals surface area contributed by atoms with Gasteiger partial charge in [-0.25, -0.2) is 4.79 Å². The summed E-state index contributed by atoms with van der Waals surface area (Å²) < 4.78 is 0. The van der Waals surface area contributed by atoms with E-state index in [0.29, 0.717) is 6.42 Å². The molecular formula is C19H36N8O6. The fourth-order valence-electron chi connectivity index (χ4n) is 2.82. The topological polar surface area (TPSA) is 258 Å². The predicted octanol–water partition coefficient (Wildman–Crippen LogP) is -3.15. The van der Waals surface area contributed by atoms with Gasteiger partial charge in [-0.3, -0.25) is 24.2 Å². The molecular weight excluding hydrogens is 436 g/mol. The van der Waals surface area contributed by atoms with Gasteiger partial charge in [0.2, 0.25) is 23.6 Å². The molecule has 3 unspecified atom stereocenters. The molecule has 0 fully saturated rings. The molecule has 0 aromatic carbocycles. The number of hydrogen-bond donors (Lipinski definition) is 8. The average Bonchev–Trinajstić information content (AvgIpc) is 2.71. The van der Waals surface area contributed by atoms with E-state index in [1.54, 1.807) is 13.8 Å². The number of hydrogen-bond acceptors (Lipinski definition) is 7. The fourth-order valence-corrected chi connectivity index (χ4v) is 2.82. The highest BCUT2D eigenvalue weighted by atomic mass is 16.4. The molecule has 0 radical (unpaired) electrons. The Hall–Kier alpha value is -3.42. The molecule has 14 heteroatoms. The summed E-state index contributed by atoms with van der Waals surface area (Å²) in [6.45, 7) is 3.42. The highest BCUT2D eigenvalue weighted by Gasteiger charge is 2.29. The molecule has 0 spiro atoms. The van der Waals surface area contributed by atoms with Crippen molar-refractivity contribution in [3.8, 4) is 0 Å². The molecule has 0 saturated carbocycles. The lowest BCUT2D eigenvalue weighted by Crippen LogP contribution is -2.56.